The van der Waals surface area contributed by atoms with E-state index in [4.69, 9.17) is 10.3 Å². The highest BCUT2D eigenvalue weighted by atomic mass is 32.2. The Kier molecular flexibility index (Phi) is 8.87. The van der Waals surface area contributed by atoms with Gasteiger partial charge in [-0.15, -0.1) is 11.8 Å². The molecule has 170 valence electrons. The van der Waals surface area contributed by atoms with Crippen molar-refractivity contribution in [2.45, 2.75) is 42.4 Å². The number of pyridine rings is 1. The Bertz CT molecular complexity index is 1050. The van der Waals surface area contributed by atoms with Crippen LogP contribution in [0, 0.1) is 0 Å². The first-order valence-electron chi connectivity index (χ1n) is 9.81. The molecule has 0 bridgehead atoms. The van der Waals surface area contributed by atoms with E-state index in [1.54, 1.807) is 24.0 Å². The van der Waals surface area contributed by atoms with Crippen molar-refractivity contribution in [3.8, 4) is 11.1 Å². The van der Waals surface area contributed by atoms with Crippen molar-refractivity contribution in [1.82, 2.24) is 10.0 Å². The maximum Gasteiger partial charge on any atom is 0.264 e. The van der Waals surface area contributed by atoms with Crippen molar-refractivity contribution in [2.75, 3.05) is 18.6 Å². The van der Waals surface area contributed by atoms with E-state index in [0.717, 1.165) is 40.9 Å². The Hall–Kier alpha value is -2.14. The third-order valence-corrected chi connectivity index (χ3v) is 8.36. The average molecular weight is 469 g/mol. The first-order chi connectivity index (χ1) is 14.6. The van der Waals surface area contributed by atoms with Crippen molar-refractivity contribution in [1.29, 1.82) is 0 Å². The summed E-state index contributed by atoms with van der Waals surface area (Å²) in [5.41, 5.74) is 2.69. The fourth-order valence-corrected chi connectivity index (χ4v) is 4.70. The van der Waals surface area contributed by atoms with Crippen LogP contribution in [-0.2, 0) is 21.2 Å². The summed E-state index contributed by atoms with van der Waals surface area (Å²) < 4.78 is 23.6. The Morgan fingerprint density at radius 3 is 2.39 bits per heavy atom. The predicted octanol–water partition coefficient (Wildman–Crippen LogP) is 2.08. The molecule has 1 aromatic heterocycles. The molecule has 1 unspecified atom stereocenters. The predicted molar refractivity (Wildman–Crippen MR) is 121 cm³/mol. The number of hydroxylamine groups is 1. The number of sulfone groups is 1. The second-order valence-corrected chi connectivity index (χ2v) is 11.1. The number of rotatable bonds is 11. The number of hydrogen-bond acceptors (Lipinski definition) is 7. The summed E-state index contributed by atoms with van der Waals surface area (Å²) in [4.78, 5) is 25.5. The maximum absolute atomic E-state index is 12.5. The van der Waals surface area contributed by atoms with E-state index in [2.05, 4.69) is 0 Å². The van der Waals surface area contributed by atoms with Crippen LogP contribution in [0.25, 0.3) is 11.1 Å². The number of nitrogens with zero attached hydrogens (tertiary/aromatic N) is 1. The number of benzene rings is 1. The lowest BCUT2D eigenvalue weighted by molar-refractivity contribution is -0.131. The lowest BCUT2D eigenvalue weighted by Gasteiger charge is -2.25. The van der Waals surface area contributed by atoms with E-state index in [0.29, 0.717) is 0 Å². The molecular weight excluding hydrogens is 440 g/mol. The highest BCUT2D eigenvalue weighted by molar-refractivity contribution is 7.99. The molecule has 0 aliphatic rings. The molecule has 1 amide bonds. The fraction of sp³-hybridized carbons (Fsp3) is 0.429. The van der Waals surface area contributed by atoms with Gasteiger partial charge in [0, 0.05) is 36.6 Å². The third kappa shape index (κ3) is 6.42. The Morgan fingerprint density at radius 1 is 1.16 bits per heavy atom. The molecule has 0 radical (unpaired) electrons. The number of aliphatic hydroxyl groups excluding tert-OH is 1. The maximum atomic E-state index is 12.5. The molecule has 2 aromatic rings. The number of aliphatic hydroxyl groups is 1. The summed E-state index contributed by atoms with van der Waals surface area (Å²) in [7, 11) is -3.83. The van der Waals surface area contributed by atoms with Gasteiger partial charge in [0.2, 0.25) is 0 Å². The van der Waals surface area contributed by atoms with Crippen molar-refractivity contribution >= 4 is 27.5 Å². The quantitative estimate of drug-likeness (QED) is 0.199. The van der Waals surface area contributed by atoms with Crippen LogP contribution in [-0.4, -0.2) is 52.6 Å². The molecule has 3 N–H and O–H groups in total. The molecule has 1 atom stereocenters. The van der Waals surface area contributed by atoms with Crippen molar-refractivity contribution in [2.24, 2.45) is 0 Å². The molecule has 31 heavy (non-hydrogen) atoms. The second kappa shape index (κ2) is 10.9. The highest BCUT2D eigenvalue weighted by Gasteiger charge is 2.43. The summed E-state index contributed by atoms with van der Waals surface area (Å²) in [6.45, 7) is 1.42. The van der Waals surface area contributed by atoms with Gasteiger partial charge in [-0.25, -0.2) is 13.9 Å². The van der Waals surface area contributed by atoms with Crippen LogP contribution >= 0.6 is 11.8 Å². The van der Waals surface area contributed by atoms with E-state index in [-0.39, 0.29) is 25.1 Å². The minimum atomic E-state index is -3.83. The second-order valence-electron chi connectivity index (χ2n) is 7.44. The van der Waals surface area contributed by atoms with Crippen molar-refractivity contribution in [3.05, 3.63) is 52.9 Å². The first kappa shape index (κ1) is 25.1. The molecule has 0 saturated heterocycles. The molecule has 0 aliphatic heterocycles. The summed E-state index contributed by atoms with van der Waals surface area (Å²) in [5.74, 6) is -0.106. The number of amides is 1. The summed E-state index contributed by atoms with van der Waals surface area (Å²) in [5, 5.41) is 17.7. The minimum absolute atomic E-state index is 0.000475. The van der Waals surface area contributed by atoms with Crippen LogP contribution in [0.1, 0.15) is 26.2 Å². The number of nitrogens with one attached hydrogen (secondary N) is 1. The van der Waals surface area contributed by atoms with E-state index in [1.807, 2.05) is 24.3 Å². The smallest absolute Gasteiger partial charge is 0.264 e. The number of unbranched alkanes of at least 4 members (excludes halogenated alkanes) is 1. The van der Waals surface area contributed by atoms with E-state index in [9.17, 15) is 18.0 Å². The van der Waals surface area contributed by atoms with Gasteiger partial charge < -0.3 is 9.67 Å². The lowest BCUT2D eigenvalue weighted by atomic mass is 10.1. The third-order valence-electron chi connectivity index (χ3n) is 5.23. The van der Waals surface area contributed by atoms with Crippen molar-refractivity contribution in [3.63, 3.8) is 0 Å². The normalized spacial score (nSPS) is 13.5. The van der Waals surface area contributed by atoms with Crippen molar-refractivity contribution < 1.29 is 23.5 Å². The van der Waals surface area contributed by atoms with E-state index in [1.165, 1.54) is 23.0 Å². The number of aryl methyl sites for hydroxylation is 1. The largest absolute Gasteiger partial charge is 0.396 e. The molecule has 8 nitrogen and oxygen atoms in total. The Labute approximate surface area is 186 Å². The van der Waals surface area contributed by atoms with Gasteiger partial charge >= 0.3 is 0 Å². The summed E-state index contributed by atoms with van der Waals surface area (Å²) >= 11 is 1.71. The van der Waals surface area contributed by atoms with Crippen LogP contribution in [0.4, 0.5) is 0 Å². The van der Waals surface area contributed by atoms with Gasteiger partial charge in [0.15, 0.2) is 14.6 Å². The molecule has 0 spiro atoms. The monoisotopic (exact) mass is 468 g/mol. The average Bonchev–Trinajstić information content (AvgIpc) is 2.74. The van der Waals surface area contributed by atoms with Crippen LogP contribution in [0.5, 0.6) is 0 Å². The summed E-state index contributed by atoms with van der Waals surface area (Å²) in [6, 6.07) is 11.0. The molecule has 1 heterocycles. The van der Waals surface area contributed by atoms with Gasteiger partial charge in [0.25, 0.3) is 11.5 Å². The molecule has 10 heteroatoms. The SMILES string of the molecule is CC(CCn1ccc(-c2ccc(SCCCCO)cc2)cc1=O)(C(=O)NO)S(C)(=O)=O. The lowest BCUT2D eigenvalue weighted by Crippen LogP contribution is -2.49. The van der Waals surface area contributed by atoms with Gasteiger partial charge in [-0.05, 0) is 61.3 Å². The van der Waals surface area contributed by atoms with Gasteiger partial charge in [-0.1, -0.05) is 12.1 Å². The van der Waals surface area contributed by atoms with Crippen LogP contribution in [0.3, 0.4) is 0 Å². The molecule has 0 fully saturated rings. The van der Waals surface area contributed by atoms with Gasteiger partial charge in [0.05, 0.1) is 0 Å². The van der Waals surface area contributed by atoms with Crippen LogP contribution < -0.4 is 11.0 Å². The zero-order chi connectivity index (χ0) is 23.1. The number of carbonyl (C=O) groups is 1. The van der Waals surface area contributed by atoms with Gasteiger partial charge in [0.1, 0.15) is 0 Å². The minimum Gasteiger partial charge on any atom is -0.396 e. The number of aromatic nitrogens is 1. The topological polar surface area (TPSA) is 126 Å². The zero-order valence-corrected chi connectivity index (χ0v) is 19.2. The molecular formula is C21H28N2O6S2. The zero-order valence-electron chi connectivity index (χ0n) is 17.6. The number of hydrogen-bond donors (Lipinski definition) is 3. The van der Waals surface area contributed by atoms with Crippen LogP contribution in [0.15, 0.2) is 52.3 Å². The number of thioether (sulfide) groups is 1. The van der Waals surface area contributed by atoms with Crippen LogP contribution in [0.2, 0.25) is 0 Å². The Balaban J connectivity index is 2.11. The summed E-state index contributed by atoms with van der Waals surface area (Å²) in [6.07, 6.45) is 4.05. The number of carbonyl (C=O) groups excluding carboxylic acids is 1. The Morgan fingerprint density at radius 2 is 1.84 bits per heavy atom. The van der Waals surface area contributed by atoms with Gasteiger partial charge in [-0.2, -0.15) is 0 Å². The van der Waals surface area contributed by atoms with Gasteiger partial charge in [-0.3, -0.25) is 14.8 Å². The molecule has 1 aromatic carbocycles. The molecule has 2 rings (SSSR count). The first-order valence-corrected chi connectivity index (χ1v) is 12.7. The standard InChI is InChI=1S/C21H28N2O6S2/c1-21(20(26)22-27,31(2,28)29)10-12-23-11-9-17(15-19(23)25)16-5-7-18(8-6-16)30-14-4-3-13-24/h5-9,11,15,24,27H,3-4,10,12-14H2,1-2H3,(H,22,26). The van der Waals surface area contributed by atoms with E-state index < -0.39 is 20.5 Å². The molecule has 0 aliphatic carbocycles. The van der Waals surface area contributed by atoms with E-state index >= 15 is 0 Å². The fourth-order valence-electron chi connectivity index (χ4n) is 2.94. The highest BCUT2D eigenvalue weighted by Crippen LogP contribution is 2.25. The molecule has 0 saturated carbocycles.